The van der Waals surface area contributed by atoms with Gasteiger partial charge in [0, 0.05) is 19.7 Å². The van der Waals surface area contributed by atoms with Gasteiger partial charge in [-0.15, -0.1) is 0 Å². The highest BCUT2D eigenvalue weighted by molar-refractivity contribution is 5.36. The van der Waals surface area contributed by atoms with E-state index in [1.165, 1.54) is 6.33 Å². The lowest BCUT2D eigenvalue weighted by Gasteiger charge is -2.06. The molecule has 0 aromatic carbocycles. The molecule has 6 heteroatoms. The number of nitrogens with zero attached hydrogens (tertiary/aromatic N) is 2. The van der Waals surface area contributed by atoms with Gasteiger partial charge in [0.25, 0.3) is 0 Å². The van der Waals surface area contributed by atoms with E-state index in [4.69, 9.17) is 14.2 Å². The van der Waals surface area contributed by atoms with Crippen molar-refractivity contribution in [3.8, 4) is 5.88 Å². The summed E-state index contributed by atoms with van der Waals surface area (Å²) in [4.78, 5) is 7.94. The molecule has 1 N–H and O–H groups in total. The van der Waals surface area contributed by atoms with Gasteiger partial charge in [0.2, 0.25) is 5.88 Å². The van der Waals surface area contributed by atoms with E-state index in [0.29, 0.717) is 32.2 Å². The first-order valence-corrected chi connectivity index (χ1v) is 5.03. The fourth-order valence-corrected chi connectivity index (χ4v) is 1.04. The van der Waals surface area contributed by atoms with Crippen molar-refractivity contribution in [2.45, 2.75) is 0 Å². The van der Waals surface area contributed by atoms with E-state index in [2.05, 4.69) is 15.3 Å². The number of hydrogen-bond donors (Lipinski definition) is 1. The zero-order valence-electron chi connectivity index (χ0n) is 9.60. The Hall–Kier alpha value is -1.40. The van der Waals surface area contributed by atoms with Gasteiger partial charge in [0.15, 0.2) is 0 Å². The Morgan fingerprint density at radius 3 is 2.81 bits per heavy atom. The molecule has 90 valence electrons. The van der Waals surface area contributed by atoms with Gasteiger partial charge >= 0.3 is 0 Å². The fraction of sp³-hybridized carbons (Fsp3) is 0.600. The lowest BCUT2D eigenvalue weighted by atomic mass is 10.5. The average molecular weight is 227 g/mol. The van der Waals surface area contributed by atoms with Crippen molar-refractivity contribution in [3.05, 3.63) is 12.4 Å². The van der Waals surface area contributed by atoms with Crippen LogP contribution in [-0.2, 0) is 9.47 Å². The standard InChI is InChI=1S/C10H17N3O3/c1-14-5-6-16-4-3-11-9-7-10(15-2)13-8-12-9/h7-8H,3-6H2,1-2H3,(H,11,12,13). The highest BCUT2D eigenvalue weighted by Gasteiger charge is 1.97. The summed E-state index contributed by atoms with van der Waals surface area (Å²) in [6, 6.07) is 1.73. The Labute approximate surface area is 95.0 Å². The Balaban J connectivity index is 2.16. The molecule has 0 saturated heterocycles. The number of methoxy groups -OCH3 is 2. The summed E-state index contributed by atoms with van der Waals surface area (Å²) < 4.78 is 15.1. The first kappa shape index (κ1) is 12.7. The molecule has 0 unspecified atom stereocenters. The van der Waals surface area contributed by atoms with Crippen molar-refractivity contribution >= 4 is 5.82 Å². The van der Waals surface area contributed by atoms with Gasteiger partial charge in [-0.2, -0.15) is 0 Å². The Morgan fingerprint density at radius 1 is 1.19 bits per heavy atom. The Morgan fingerprint density at radius 2 is 2.06 bits per heavy atom. The molecular formula is C10H17N3O3. The smallest absolute Gasteiger partial charge is 0.218 e. The third kappa shape index (κ3) is 4.90. The van der Waals surface area contributed by atoms with Crippen LogP contribution in [0.15, 0.2) is 12.4 Å². The molecule has 16 heavy (non-hydrogen) atoms. The quantitative estimate of drug-likeness (QED) is 0.655. The Kier molecular flexibility index (Phi) is 6.20. The minimum Gasteiger partial charge on any atom is -0.481 e. The van der Waals surface area contributed by atoms with Gasteiger partial charge in [-0.3, -0.25) is 0 Å². The number of ether oxygens (including phenoxy) is 3. The molecule has 0 aliphatic carbocycles. The zero-order chi connectivity index (χ0) is 11.6. The maximum absolute atomic E-state index is 5.29. The van der Waals surface area contributed by atoms with Crippen molar-refractivity contribution in [1.82, 2.24) is 9.97 Å². The van der Waals surface area contributed by atoms with Gasteiger partial charge in [-0.25, -0.2) is 9.97 Å². The molecule has 0 atom stereocenters. The van der Waals surface area contributed by atoms with Gasteiger partial charge in [-0.05, 0) is 0 Å². The summed E-state index contributed by atoms with van der Waals surface area (Å²) in [5.41, 5.74) is 0. The van der Waals surface area contributed by atoms with Gasteiger partial charge in [0.1, 0.15) is 12.1 Å². The monoisotopic (exact) mass is 227 g/mol. The number of nitrogens with one attached hydrogen (secondary N) is 1. The maximum Gasteiger partial charge on any atom is 0.218 e. The SMILES string of the molecule is COCCOCCNc1cc(OC)ncn1. The molecule has 0 aliphatic rings. The molecule has 1 rings (SSSR count). The van der Waals surface area contributed by atoms with Crippen molar-refractivity contribution < 1.29 is 14.2 Å². The summed E-state index contributed by atoms with van der Waals surface area (Å²) in [6.07, 6.45) is 1.45. The molecule has 1 aromatic heterocycles. The van der Waals surface area contributed by atoms with E-state index < -0.39 is 0 Å². The van der Waals surface area contributed by atoms with Crippen LogP contribution < -0.4 is 10.1 Å². The summed E-state index contributed by atoms with van der Waals surface area (Å²) >= 11 is 0. The summed E-state index contributed by atoms with van der Waals surface area (Å²) in [5.74, 6) is 1.26. The number of aromatic nitrogens is 2. The zero-order valence-corrected chi connectivity index (χ0v) is 9.60. The van der Waals surface area contributed by atoms with Crippen LogP contribution in [0.1, 0.15) is 0 Å². The normalized spacial score (nSPS) is 10.1. The topological polar surface area (TPSA) is 65.5 Å². The van der Waals surface area contributed by atoms with Crippen LogP contribution in [0.3, 0.4) is 0 Å². The summed E-state index contributed by atoms with van der Waals surface area (Å²) in [5, 5.41) is 3.10. The first-order chi connectivity index (χ1) is 7.86. The summed E-state index contributed by atoms with van der Waals surface area (Å²) in [7, 11) is 3.22. The molecule has 1 heterocycles. The molecule has 6 nitrogen and oxygen atoms in total. The van der Waals surface area contributed by atoms with Crippen LogP contribution in [0, 0.1) is 0 Å². The van der Waals surface area contributed by atoms with Crippen LogP contribution >= 0.6 is 0 Å². The lowest BCUT2D eigenvalue weighted by molar-refractivity contribution is 0.0759. The van der Waals surface area contributed by atoms with Gasteiger partial charge < -0.3 is 19.5 Å². The maximum atomic E-state index is 5.29. The molecule has 0 aliphatic heterocycles. The minimum atomic E-state index is 0.540. The lowest BCUT2D eigenvalue weighted by Crippen LogP contribution is -2.12. The Bertz CT molecular complexity index is 296. The predicted molar refractivity (Wildman–Crippen MR) is 59.8 cm³/mol. The largest absolute Gasteiger partial charge is 0.481 e. The molecular weight excluding hydrogens is 210 g/mol. The predicted octanol–water partition coefficient (Wildman–Crippen LogP) is 0.560. The van der Waals surface area contributed by atoms with E-state index in [-0.39, 0.29) is 0 Å². The van der Waals surface area contributed by atoms with E-state index in [0.717, 1.165) is 5.82 Å². The third-order valence-corrected chi connectivity index (χ3v) is 1.84. The molecule has 0 saturated carbocycles. The third-order valence-electron chi connectivity index (χ3n) is 1.84. The first-order valence-electron chi connectivity index (χ1n) is 5.03. The van der Waals surface area contributed by atoms with Crippen molar-refractivity contribution in [1.29, 1.82) is 0 Å². The van der Waals surface area contributed by atoms with E-state index in [9.17, 15) is 0 Å². The molecule has 0 bridgehead atoms. The van der Waals surface area contributed by atoms with Crippen molar-refractivity contribution in [2.24, 2.45) is 0 Å². The van der Waals surface area contributed by atoms with E-state index in [1.54, 1.807) is 20.3 Å². The fourth-order valence-electron chi connectivity index (χ4n) is 1.04. The average Bonchev–Trinajstić information content (AvgIpc) is 2.34. The van der Waals surface area contributed by atoms with Gasteiger partial charge in [0.05, 0.1) is 26.9 Å². The molecule has 0 radical (unpaired) electrons. The molecule has 0 spiro atoms. The van der Waals surface area contributed by atoms with Gasteiger partial charge in [-0.1, -0.05) is 0 Å². The van der Waals surface area contributed by atoms with Crippen LogP contribution in [0.25, 0.3) is 0 Å². The summed E-state index contributed by atoms with van der Waals surface area (Å²) in [6.45, 7) is 2.51. The molecule has 0 fully saturated rings. The second kappa shape index (κ2) is 7.84. The van der Waals surface area contributed by atoms with Crippen LogP contribution in [-0.4, -0.2) is 50.6 Å². The molecule has 0 amide bonds. The van der Waals surface area contributed by atoms with Crippen molar-refractivity contribution in [2.75, 3.05) is 45.9 Å². The van der Waals surface area contributed by atoms with Crippen molar-refractivity contribution in [3.63, 3.8) is 0 Å². The highest BCUT2D eigenvalue weighted by Crippen LogP contribution is 2.09. The minimum absolute atomic E-state index is 0.540. The van der Waals surface area contributed by atoms with E-state index in [1.807, 2.05) is 0 Å². The second-order valence-corrected chi connectivity index (χ2v) is 2.98. The second-order valence-electron chi connectivity index (χ2n) is 2.98. The van der Waals surface area contributed by atoms with Crippen LogP contribution in [0.2, 0.25) is 0 Å². The highest BCUT2D eigenvalue weighted by atomic mass is 16.5. The number of rotatable bonds is 8. The van der Waals surface area contributed by atoms with Crippen LogP contribution in [0.5, 0.6) is 5.88 Å². The molecule has 1 aromatic rings. The van der Waals surface area contributed by atoms with Crippen LogP contribution in [0.4, 0.5) is 5.82 Å². The number of anilines is 1. The number of hydrogen-bond acceptors (Lipinski definition) is 6. The van der Waals surface area contributed by atoms with E-state index >= 15 is 0 Å².